The van der Waals surface area contributed by atoms with Crippen LogP contribution in [-0.2, 0) is 0 Å². The number of hydrogen-bond acceptors (Lipinski definition) is 3. The van der Waals surface area contributed by atoms with Crippen LogP contribution in [0.15, 0.2) is 60.7 Å². The van der Waals surface area contributed by atoms with Crippen LogP contribution in [-0.4, -0.2) is 19.6 Å². The average Bonchev–Trinajstić information content (AvgIpc) is 2.67. The first-order chi connectivity index (χ1) is 12.3. The summed E-state index contributed by atoms with van der Waals surface area (Å²) < 4.78 is 11.1. The Bertz CT molecular complexity index is 935. The van der Waals surface area contributed by atoms with Crippen molar-refractivity contribution in [3.63, 3.8) is 0 Å². The van der Waals surface area contributed by atoms with Crippen molar-refractivity contribution in [2.24, 2.45) is 0 Å². The van der Waals surface area contributed by atoms with E-state index >= 15 is 0 Å². The highest BCUT2D eigenvalue weighted by atomic mass is 16.5. The van der Waals surface area contributed by atoms with Gasteiger partial charge in [0.05, 0.1) is 25.3 Å². The van der Waals surface area contributed by atoms with Crippen LogP contribution in [0.3, 0.4) is 0 Å². The van der Waals surface area contributed by atoms with E-state index in [9.17, 15) is 4.79 Å². The molecular weight excluding hydrogens is 314 g/mol. The Kier molecular flexibility index (Phi) is 4.02. The first kappa shape index (κ1) is 15.5. The number of hydrogen-bond donors (Lipinski definition) is 1. The number of rotatable bonds is 3. The van der Waals surface area contributed by atoms with Crippen LogP contribution < -0.4 is 14.8 Å². The van der Waals surface area contributed by atoms with Crippen LogP contribution in [0.5, 0.6) is 11.5 Å². The van der Waals surface area contributed by atoms with Gasteiger partial charge in [-0.2, -0.15) is 0 Å². The van der Waals surface area contributed by atoms with Gasteiger partial charge in [0.2, 0.25) is 0 Å². The molecule has 0 radical (unpaired) electrons. The summed E-state index contributed by atoms with van der Waals surface area (Å²) in [6.45, 7) is 0.594. The molecule has 0 saturated heterocycles. The van der Waals surface area contributed by atoms with E-state index in [1.807, 2.05) is 60.7 Å². The van der Waals surface area contributed by atoms with Gasteiger partial charge in [0.15, 0.2) is 0 Å². The zero-order valence-electron chi connectivity index (χ0n) is 14.0. The quantitative estimate of drug-likeness (QED) is 0.785. The third-order valence-corrected chi connectivity index (χ3v) is 4.58. The predicted molar refractivity (Wildman–Crippen MR) is 97.3 cm³/mol. The number of para-hydroxylation sites is 1. The Morgan fingerprint density at radius 2 is 1.80 bits per heavy atom. The second-order valence-corrected chi connectivity index (χ2v) is 6.10. The van der Waals surface area contributed by atoms with E-state index in [4.69, 9.17) is 9.47 Å². The zero-order chi connectivity index (χ0) is 17.2. The highest BCUT2D eigenvalue weighted by Crippen LogP contribution is 2.32. The smallest absolute Gasteiger partial charge is 0.255 e. The molecular formula is C21H19NO3. The Morgan fingerprint density at radius 3 is 2.60 bits per heavy atom. The topological polar surface area (TPSA) is 47.6 Å². The summed E-state index contributed by atoms with van der Waals surface area (Å²) in [6, 6.07) is 19.5. The summed E-state index contributed by atoms with van der Waals surface area (Å²) in [4.78, 5) is 12.9. The first-order valence-corrected chi connectivity index (χ1v) is 8.35. The maximum atomic E-state index is 12.9. The van der Waals surface area contributed by atoms with E-state index < -0.39 is 0 Å². The predicted octanol–water partition coefficient (Wildman–Crippen LogP) is 4.10. The molecule has 0 bridgehead atoms. The van der Waals surface area contributed by atoms with Crippen molar-refractivity contribution in [1.29, 1.82) is 0 Å². The minimum Gasteiger partial charge on any atom is -0.496 e. The molecule has 1 amide bonds. The minimum absolute atomic E-state index is 0.0615. The number of benzene rings is 3. The van der Waals surface area contributed by atoms with Crippen LogP contribution in [0.1, 0.15) is 28.4 Å². The molecule has 1 heterocycles. The summed E-state index contributed by atoms with van der Waals surface area (Å²) in [7, 11) is 1.59. The highest BCUT2D eigenvalue weighted by Gasteiger charge is 2.24. The lowest BCUT2D eigenvalue weighted by Crippen LogP contribution is -2.32. The molecule has 0 aliphatic carbocycles. The first-order valence-electron chi connectivity index (χ1n) is 8.35. The van der Waals surface area contributed by atoms with Gasteiger partial charge >= 0.3 is 0 Å². The van der Waals surface area contributed by atoms with Gasteiger partial charge in [0.1, 0.15) is 11.5 Å². The summed E-state index contributed by atoms with van der Waals surface area (Å²) in [6.07, 6.45) is 0.749. The number of amides is 1. The van der Waals surface area contributed by atoms with E-state index in [0.717, 1.165) is 28.5 Å². The van der Waals surface area contributed by atoms with Gasteiger partial charge in [-0.1, -0.05) is 42.5 Å². The van der Waals surface area contributed by atoms with Gasteiger partial charge in [-0.05, 0) is 29.0 Å². The van der Waals surface area contributed by atoms with Crippen LogP contribution >= 0.6 is 0 Å². The van der Waals surface area contributed by atoms with E-state index in [0.29, 0.717) is 17.9 Å². The minimum atomic E-state index is -0.135. The van der Waals surface area contributed by atoms with Crippen molar-refractivity contribution < 1.29 is 14.3 Å². The lowest BCUT2D eigenvalue weighted by atomic mass is 9.99. The molecule has 4 heteroatoms. The number of carbonyl (C=O) groups excluding carboxylic acids is 1. The normalized spacial score (nSPS) is 16.0. The van der Waals surface area contributed by atoms with Gasteiger partial charge in [-0.25, -0.2) is 0 Å². The summed E-state index contributed by atoms with van der Waals surface area (Å²) in [5, 5.41) is 5.19. The number of methoxy groups -OCH3 is 1. The third-order valence-electron chi connectivity index (χ3n) is 4.58. The molecule has 0 aromatic heterocycles. The van der Waals surface area contributed by atoms with Crippen molar-refractivity contribution in [3.8, 4) is 11.5 Å². The third kappa shape index (κ3) is 2.91. The van der Waals surface area contributed by atoms with E-state index in [2.05, 4.69) is 5.32 Å². The van der Waals surface area contributed by atoms with E-state index in [-0.39, 0.29) is 11.9 Å². The zero-order valence-corrected chi connectivity index (χ0v) is 14.0. The van der Waals surface area contributed by atoms with Gasteiger partial charge in [0, 0.05) is 12.0 Å². The largest absolute Gasteiger partial charge is 0.496 e. The number of carbonyl (C=O) groups is 1. The van der Waals surface area contributed by atoms with Crippen molar-refractivity contribution in [3.05, 3.63) is 71.8 Å². The van der Waals surface area contributed by atoms with Crippen LogP contribution in [0, 0.1) is 0 Å². The van der Waals surface area contributed by atoms with E-state index in [1.54, 1.807) is 7.11 Å². The molecule has 4 nitrogen and oxygen atoms in total. The van der Waals surface area contributed by atoms with Gasteiger partial charge < -0.3 is 14.8 Å². The Morgan fingerprint density at radius 1 is 1.08 bits per heavy atom. The number of nitrogens with one attached hydrogen (secondary N) is 1. The van der Waals surface area contributed by atoms with Crippen LogP contribution in [0.4, 0.5) is 0 Å². The molecule has 0 fully saturated rings. The van der Waals surface area contributed by atoms with Crippen molar-refractivity contribution in [2.75, 3.05) is 13.7 Å². The monoisotopic (exact) mass is 333 g/mol. The highest BCUT2D eigenvalue weighted by molar-refractivity contribution is 6.01. The molecule has 0 spiro atoms. The Balaban J connectivity index is 1.67. The second-order valence-electron chi connectivity index (χ2n) is 6.10. The van der Waals surface area contributed by atoms with Gasteiger partial charge in [-0.3, -0.25) is 4.79 Å². The molecule has 1 N–H and O–H groups in total. The molecule has 3 aromatic carbocycles. The Hall–Kier alpha value is -3.01. The Labute approximate surface area is 146 Å². The molecule has 0 saturated carbocycles. The van der Waals surface area contributed by atoms with Gasteiger partial charge in [-0.15, -0.1) is 0 Å². The lowest BCUT2D eigenvalue weighted by molar-refractivity contribution is 0.0922. The summed E-state index contributed by atoms with van der Waals surface area (Å²) in [5.41, 5.74) is 1.56. The molecule has 4 rings (SSSR count). The van der Waals surface area contributed by atoms with Crippen molar-refractivity contribution in [1.82, 2.24) is 5.32 Å². The molecule has 1 aliphatic heterocycles. The van der Waals surface area contributed by atoms with Gasteiger partial charge in [0.25, 0.3) is 5.91 Å². The second kappa shape index (κ2) is 6.48. The standard InChI is InChI=1S/C21H19NO3/c1-24-20-13-15-7-3-2-6-14(15)12-17(20)21(23)22-18-10-11-25-19-9-5-4-8-16(18)19/h2-9,12-13,18H,10-11H2,1H3,(H,22,23)/t18-/m0/s1. The molecule has 0 unspecified atom stereocenters. The van der Waals surface area contributed by atoms with Crippen molar-refractivity contribution >= 4 is 16.7 Å². The molecule has 126 valence electrons. The van der Waals surface area contributed by atoms with Crippen molar-refractivity contribution in [2.45, 2.75) is 12.5 Å². The van der Waals surface area contributed by atoms with Crippen LogP contribution in [0.2, 0.25) is 0 Å². The summed E-state index contributed by atoms with van der Waals surface area (Å²) >= 11 is 0. The maximum absolute atomic E-state index is 12.9. The fourth-order valence-corrected chi connectivity index (χ4v) is 3.29. The molecule has 25 heavy (non-hydrogen) atoms. The molecule has 3 aromatic rings. The lowest BCUT2D eigenvalue weighted by Gasteiger charge is -2.26. The fourth-order valence-electron chi connectivity index (χ4n) is 3.29. The fraction of sp³-hybridized carbons (Fsp3) is 0.190. The average molecular weight is 333 g/mol. The summed E-state index contributed by atoms with van der Waals surface area (Å²) in [5.74, 6) is 1.28. The number of fused-ring (bicyclic) bond motifs is 2. The van der Waals surface area contributed by atoms with Crippen LogP contribution in [0.25, 0.3) is 10.8 Å². The molecule has 1 aliphatic rings. The molecule has 1 atom stereocenters. The maximum Gasteiger partial charge on any atom is 0.255 e. The SMILES string of the molecule is COc1cc2ccccc2cc1C(=O)N[C@H]1CCOc2ccccc21. The van der Waals surface area contributed by atoms with E-state index in [1.165, 1.54) is 0 Å². The number of ether oxygens (including phenoxy) is 2.